The number of alkyl halides is 3. The summed E-state index contributed by atoms with van der Waals surface area (Å²) in [5.74, 6) is 1.89. The summed E-state index contributed by atoms with van der Waals surface area (Å²) in [6, 6.07) is 10.6. The highest BCUT2D eigenvalue weighted by Crippen LogP contribution is 2.30. The quantitative estimate of drug-likeness (QED) is 0.507. The smallest absolute Gasteiger partial charge is 0.416 e. The van der Waals surface area contributed by atoms with Crippen molar-refractivity contribution < 1.29 is 37.0 Å². The Morgan fingerprint density at radius 2 is 1.73 bits per heavy atom. The minimum absolute atomic E-state index is 0.176. The molecule has 5 nitrogen and oxygen atoms in total. The van der Waals surface area contributed by atoms with Gasteiger partial charge in [-0.15, -0.1) is 11.8 Å². The Bertz CT molecular complexity index is 803. The van der Waals surface area contributed by atoms with E-state index in [0.717, 1.165) is 28.3 Å². The van der Waals surface area contributed by atoms with Crippen LogP contribution in [0.5, 0.6) is 11.5 Å². The van der Waals surface area contributed by atoms with E-state index in [9.17, 15) is 13.2 Å². The second-order valence-electron chi connectivity index (χ2n) is 5.94. The zero-order chi connectivity index (χ0) is 22.6. The third-order valence-electron chi connectivity index (χ3n) is 3.82. The number of benzene rings is 2. The molecule has 0 N–H and O–H groups in total. The minimum Gasteiger partial charge on any atom is -0.496 e. The second kappa shape index (κ2) is 13.0. The molecule has 0 saturated heterocycles. The van der Waals surface area contributed by atoms with Gasteiger partial charge in [-0.05, 0) is 61.9 Å². The van der Waals surface area contributed by atoms with Gasteiger partial charge in [0.2, 0.25) is 0 Å². The van der Waals surface area contributed by atoms with Crippen LogP contribution in [-0.4, -0.2) is 38.3 Å². The lowest BCUT2D eigenvalue weighted by molar-refractivity contribution is -0.191. The zero-order valence-electron chi connectivity index (χ0n) is 16.8. The van der Waals surface area contributed by atoms with E-state index < -0.39 is 11.7 Å². The van der Waals surface area contributed by atoms with Crippen LogP contribution in [0.2, 0.25) is 0 Å². The number of methoxy groups -OCH3 is 1. The largest absolute Gasteiger partial charge is 0.496 e. The fourth-order valence-electron chi connectivity index (χ4n) is 2.44. The number of hydrogen-bond donors (Lipinski definition) is 0. The average Bonchev–Trinajstić information content (AvgIpc) is 2.70. The van der Waals surface area contributed by atoms with Gasteiger partial charge in [0.1, 0.15) is 24.2 Å². The third kappa shape index (κ3) is 8.90. The number of carbonyl (C=O) groups excluding carboxylic acids is 2. The SMILES string of the molecule is CCOC(COc1ccc(C(F)(F)F)cc1)CSc1ccc(OC)c(C)c1.O=C=O. The van der Waals surface area contributed by atoms with Gasteiger partial charge < -0.3 is 14.2 Å². The molecule has 164 valence electrons. The summed E-state index contributed by atoms with van der Waals surface area (Å²) >= 11 is 1.63. The Hall–Kier alpha value is -2.48. The molecule has 0 fully saturated rings. The molecule has 2 aromatic carbocycles. The monoisotopic (exact) mass is 444 g/mol. The first-order valence-electron chi connectivity index (χ1n) is 8.93. The summed E-state index contributed by atoms with van der Waals surface area (Å²) in [7, 11) is 1.64. The van der Waals surface area contributed by atoms with E-state index in [-0.39, 0.29) is 18.9 Å². The third-order valence-corrected chi connectivity index (χ3v) is 4.95. The highest BCUT2D eigenvalue weighted by Gasteiger charge is 2.30. The Kier molecular flexibility index (Phi) is 11.0. The summed E-state index contributed by atoms with van der Waals surface area (Å²) < 4.78 is 54.4. The average molecular weight is 444 g/mol. The van der Waals surface area contributed by atoms with E-state index in [1.165, 1.54) is 12.1 Å². The molecule has 0 spiro atoms. The summed E-state index contributed by atoms with van der Waals surface area (Å²) in [5, 5.41) is 0. The van der Waals surface area contributed by atoms with Crippen molar-refractivity contribution in [3.63, 3.8) is 0 Å². The molecule has 1 atom stereocenters. The summed E-state index contributed by atoms with van der Waals surface area (Å²) in [5.41, 5.74) is 0.359. The molecule has 0 aliphatic heterocycles. The van der Waals surface area contributed by atoms with Crippen LogP contribution in [-0.2, 0) is 20.5 Å². The van der Waals surface area contributed by atoms with Crippen LogP contribution in [0, 0.1) is 6.92 Å². The minimum atomic E-state index is -4.35. The van der Waals surface area contributed by atoms with Gasteiger partial charge in [-0.3, -0.25) is 0 Å². The van der Waals surface area contributed by atoms with Crippen molar-refractivity contribution in [1.82, 2.24) is 0 Å². The lowest BCUT2D eigenvalue weighted by Crippen LogP contribution is -2.24. The maximum atomic E-state index is 12.6. The number of rotatable bonds is 9. The van der Waals surface area contributed by atoms with Crippen molar-refractivity contribution in [1.29, 1.82) is 0 Å². The van der Waals surface area contributed by atoms with E-state index in [4.69, 9.17) is 23.8 Å². The molecule has 0 heterocycles. The van der Waals surface area contributed by atoms with Crippen LogP contribution >= 0.6 is 11.8 Å². The molecule has 0 radical (unpaired) electrons. The molecule has 30 heavy (non-hydrogen) atoms. The first-order valence-corrected chi connectivity index (χ1v) is 9.92. The predicted octanol–water partition coefficient (Wildman–Crippen LogP) is 5.02. The van der Waals surface area contributed by atoms with Crippen LogP contribution in [0.3, 0.4) is 0 Å². The molecule has 0 aromatic heterocycles. The van der Waals surface area contributed by atoms with Gasteiger partial charge in [-0.2, -0.15) is 22.8 Å². The Balaban J connectivity index is 0.00000141. The fraction of sp³-hybridized carbons (Fsp3) is 0.381. The normalized spacial score (nSPS) is 11.7. The van der Waals surface area contributed by atoms with Crippen LogP contribution in [0.25, 0.3) is 0 Å². The van der Waals surface area contributed by atoms with Gasteiger partial charge in [0.15, 0.2) is 0 Å². The van der Waals surface area contributed by atoms with E-state index in [2.05, 4.69) is 0 Å². The second-order valence-corrected chi connectivity index (χ2v) is 7.03. The maximum Gasteiger partial charge on any atom is 0.416 e. The van der Waals surface area contributed by atoms with Gasteiger partial charge in [0, 0.05) is 17.3 Å². The van der Waals surface area contributed by atoms with Gasteiger partial charge in [0.25, 0.3) is 0 Å². The number of hydrogen-bond acceptors (Lipinski definition) is 6. The van der Waals surface area contributed by atoms with Crippen molar-refractivity contribution in [2.75, 3.05) is 26.1 Å². The molecule has 2 aromatic rings. The van der Waals surface area contributed by atoms with Gasteiger partial charge in [-0.1, -0.05) is 0 Å². The van der Waals surface area contributed by atoms with Crippen LogP contribution < -0.4 is 9.47 Å². The van der Waals surface area contributed by atoms with Crippen LogP contribution in [0.1, 0.15) is 18.1 Å². The molecule has 1 unspecified atom stereocenters. The van der Waals surface area contributed by atoms with Crippen molar-refractivity contribution >= 4 is 17.9 Å². The van der Waals surface area contributed by atoms with E-state index in [1.807, 2.05) is 32.0 Å². The first kappa shape index (κ1) is 25.6. The zero-order valence-corrected chi connectivity index (χ0v) is 17.6. The Labute approximate surface area is 177 Å². The molecule has 0 aliphatic carbocycles. The molecule has 0 saturated carbocycles. The fourth-order valence-corrected chi connectivity index (χ4v) is 3.43. The van der Waals surface area contributed by atoms with Crippen LogP contribution in [0.15, 0.2) is 47.4 Å². The Morgan fingerprint density at radius 1 is 1.10 bits per heavy atom. The highest BCUT2D eigenvalue weighted by molar-refractivity contribution is 7.99. The molecule has 0 bridgehead atoms. The molecular formula is C21H23F3O5S. The number of aryl methyl sites for hydroxylation is 1. The Morgan fingerprint density at radius 3 is 2.23 bits per heavy atom. The number of halogens is 3. The summed E-state index contributed by atoms with van der Waals surface area (Å²) in [4.78, 5) is 17.3. The predicted molar refractivity (Wildman–Crippen MR) is 106 cm³/mol. The maximum absolute atomic E-state index is 12.6. The van der Waals surface area contributed by atoms with E-state index in [1.54, 1.807) is 18.9 Å². The molecular weight excluding hydrogens is 421 g/mol. The van der Waals surface area contributed by atoms with Crippen molar-refractivity contribution in [3.05, 3.63) is 53.6 Å². The highest BCUT2D eigenvalue weighted by atomic mass is 32.2. The van der Waals surface area contributed by atoms with E-state index in [0.29, 0.717) is 18.1 Å². The van der Waals surface area contributed by atoms with Crippen molar-refractivity contribution in [2.24, 2.45) is 0 Å². The molecule has 2 rings (SSSR count). The topological polar surface area (TPSA) is 61.8 Å². The first-order chi connectivity index (χ1) is 14.2. The molecule has 0 aliphatic rings. The van der Waals surface area contributed by atoms with Crippen LogP contribution in [0.4, 0.5) is 13.2 Å². The van der Waals surface area contributed by atoms with Gasteiger partial charge >= 0.3 is 12.3 Å². The molecule has 0 amide bonds. The summed E-state index contributed by atoms with van der Waals surface area (Å²) in [6.07, 6.45) is -4.27. The standard InChI is InChI=1S/C20H23F3O3S.CO2/c1-4-25-17(13-27-18-9-10-19(24-3)14(2)11-18)12-26-16-7-5-15(6-8-16)20(21,22)23;2-1-3/h5-11,17H,4,12-13H2,1-3H3;. The van der Waals surface area contributed by atoms with Crippen molar-refractivity contribution in [2.45, 2.75) is 31.0 Å². The molecule has 9 heteroatoms. The van der Waals surface area contributed by atoms with Gasteiger partial charge in [0.05, 0.1) is 12.7 Å². The summed E-state index contributed by atoms with van der Waals surface area (Å²) in [6.45, 7) is 4.68. The number of ether oxygens (including phenoxy) is 3. The lowest BCUT2D eigenvalue weighted by Gasteiger charge is -2.18. The van der Waals surface area contributed by atoms with Crippen molar-refractivity contribution in [3.8, 4) is 11.5 Å². The number of thioether (sulfide) groups is 1. The lowest BCUT2D eigenvalue weighted by atomic mass is 10.2. The van der Waals surface area contributed by atoms with E-state index >= 15 is 0 Å². The van der Waals surface area contributed by atoms with Gasteiger partial charge in [-0.25, -0.2) is 0 Å².